The number of benzene rings is 2. The van der Waals surface area contributed by atoms with Gasteiger partial charge in [0, 0.05) is 16.9 Å². The third-order valence-corrected chi connectivity index (χ3v) is 10.4. The van der Waals surface area contributed by atoms with Crippen LogP contribution in [0, 0.1) is 35.0 Å². The molecule has 0 unspecified atom stereocenters. The lowest BCUT2D eigenvalue weighted by Gasteiger charge is -2.79. The van der Waals surface area contributed by atoms with Crippen molar-refractivity contribution in [1.29, 1.82) is 0 Å². The summed E-state index contributed by atoms with van der Waals surface area (Å²) in [6, 6.07) is 21.5. The summed E-state index contributed by atoms with van der Waals surface area (Å²) in [6.45, 7) is 4.14. The van der Waals surface area contributed by atoms with Gasteiger partial charge >= 0.3 is 0 Å². The monoisotopic (exact) mass is 532 g/mol. The lowest BCUT2D eigenvalue weighted by molar-refractivity contribution is -0.295. The molecule has 2 aromatic rings. The number of rotatable bonds is 7. The van der Waals surface area contributed by atoms with Crippen LogP contribution < -0.4 is 0 Å². The first-order valence-electron chi connectivity index (χ1n) is 15.2. The maximum Gasteiger partial charge on any atom is 0.164 e. The standard InChI is InChI=1S/C37H40O3/c1-35(2)39-34-33-29(25-38)24-28(19-12-4-3-7-14-26-15-8-5-9-16-26)32-30(22-21-27-17-10-6-11-18-27)31-20-13-23-36(34,40-35)37(31,32)33/h3-6,8-11,15-18,24,30-32,34,38H,7,13-14,20-23,25H2,1-2H3/b4-3+/t30-,31-,32-,34+,36+,37-/m1/s1. The molecule has 0 bridgehead atoms. The molecule has 0 radical (unpaired) electrons. The summed E-state index contributed by atoms with van der Waals surface area (Å²) < 4.78 is 13.5. The highest BCUT2D eigenvalue weighted by atomic mass is 16.8. The Bertz CT molecular complexity index is 1420. The smallest absolute Gasteiger partial charge is 0.164 e. The molecule has 4 aliphatic carbocycles. The molecule has 6 atom stereocenters. The third-order valence-electron chi connectivity index (χ3n) is 10.4. The van der Waals surface area contributed by atoms with Crippen molar-refractivity contribution in [2.75, 3.05) is 6.61 Å². The van der Waals surface area contributed by atoms with Crippen molar-refractivity contribution in [3.05, 3.63) is 107 Å². The van der Waals surface area contributed by atoms with Crippen LogP contribution in [-0.2, 0) is 22.3 Å². The molecule has 3 heteroatoms. The summed E-state index contributed by atoms with van der Waals surface area (Å²) >= 11 is 0. The summed E-state index contributed by atoms with van der Waals surface area (Å²) in [6.07, 6.45) is 14.0. The van der Waals surface area contributed by atoms with Gasteiger partial charge in [0.2, 0.25) is 0 Å². The van der Waals surface area contributed by atoms with E-state index in [1.54, 1.807) is 0 Å². The molecule has 2 aromatic carbocycles. The molecule has 5 aliphatic rings. The Labute approximate surface area is 239 Å². The molecule has 1 aliphatic heterocycles. The van der Waals surface area contributed by atoms with Crippen LogP contribution in [0.25, 0.3) is 0 Å². The van der Waals surface area contributed by atoms with E-state index in [-0.39, 0.29) is 23.7 Å². The first-order valence-corrected chi connectivity index (χ1v) is 15.2. The Morgan fingerprint density at radius 1 is 1.00 bits per heavy atom. The predicted molar refractivity (Wildman–Crippen MR) is 158 cm³/mol. The molecule has 1 N–H and O–H groups in total. The first-order chi connectivity index (χ1) is 19.5. The van der Waals surface area contributed by atoms with Gasteiger partial charge in [0.1, 0.15) is 11.7 Å². The first kappa shape index (κ1) is 26.0. The Kier molecular flexibility index (Phi) is 6.43. The van der Waals surface area contributed by atoms with Crippen molar-refractivity contribution < 1.29 is 14.6 Å². The van der Waals surface area contributed by atoms with E-state index >= 15 is 0 Å². The van der Waals surface area contributed by atoms with Crippen LogP contribution >= 0.6 is 0 Å². The molecular formula is C37H40O3. The summed E-state index contributed by atoms with van der Waals surface area (Å²) in [5.74, 6) is 7.80. The van der Waals surface area contributed by atoms with Gasteiger partial charge in [0.05, 0.1) is 6.61 Å². The van der Waals surface area contributed by atoms with Gasteiger partial charge in [0.15, 0.2) is 5.79 Å². The molecule has 206 valence electrons. The molecule has 2 spiro atoms. The summed E-state index contributed by atoms with van der Waals surface area (Å²) in [5, 5.41) is 10.6. The fourth-order valence-electron chi connectivity index (χ4n) is 9.25. The number of aryl methyl sites for hydroxylation is 2. The minimum atomic E-state index is -0.612. The second kappa shape index (κ2) is 9.88. The zero-order valence-electron chi connectivity index (χ0n) is 23.7. The van der Waals surface area contributed by atoms with Gasteiger partial charge in [-0.05, 0) is 98.6 Å². The van der Waals surface area contributed by atoms with Gasteiger partial charge in [-0.2, -0.15) is 0 Å². The van der Waals surface area contributed by atoms with Crippen LogP contribution in [0.15, 0.2) is 95.6 Å². The summed E-state index contributed by atoms with van der Waals surface area (Å²) in [4.78, 5) is 0. The maximum atomic E-state index is 10.6. The fraction of sp³-hybridized carbons (Fsp3) is 0.459. The number of hydrogen-bond donors (Lipinski definition) is 1. The van der Waals surface area contributed by atoms with Crippen molar-refractivity contribution in [1.82, 2.24) is 0 Å². The van der Waals surface area contributed by atoms with E-state index in [9.17, 15) is 5.11 Å². The van der Waals surface area contributed by atoms with Crippen molar-refractivity contribution in [2.24, 2.45) is 23.2 Å². The number of hydrogen-bond acceptors (Lipinski definition) is 3. The molecule has 1 heterocycles. The van der Waals surface area contributed by atoms with Gasteiger partial charge in [-0.25, -0.2) is 0 Å². The Morgan fingerprint density at radius 3 is 2.45 bits per heavy atom. The minimum Gasteiger partial charge on any atom is -0.392 e. The second-order valence-electron chi connectivity index (χ2n) is 12.8. The fourth-order valence-corrected chi connectivity index (χ4v) is 9.25. The molecule has 0 aromatic heterocycles. The quantitative estimate of drug-likeness (QED) is 0.391. The lowest BCUT2D eigenvalue weighted by Crippen LogP contribution is -2.82. The van der Waals surface area contributed by atoms with Crippen LogP contribution in [0.4, 0.5) is 0 Å². The van der Waals surface area contributed by atoms with Crippen molar-refractivity contribution >= 4 is 0 Å². The Balaban J connectivity index is 1.20. The van der Waals surface area contributed by atoms with E-state index in [0.29, 0.717) is 17.8 Å². The Hall–Kier alpha value is -2.90. The molecule has 3 saturated carbocycles. The topological polar surface area (TPSA) is 38.7 Å². The summed E-state index contributed by atoms with van der Waals surface area (Å²) in [7, 11) is 0. The van der Waals surface area contributed by atoms with Crippen molar-refractivity contribution in [3.63, 3.8) is 0 Å². The van der Waals surface area contributed by atoms with Gasteiger partial charge in [0.25, 0.3) is 0 Å². The van der Waals surface area contributed by atoms with Crippen molar-refractivity contribution in [3.8, 4) is 11.8 Å². The molecule has 3 nitrogen and oxygen atoms in total. The minimum absolute atomic E-state index is 0.0274. The molecule has 0 amide bonds. The average Bonchev–Trinajstić information content (AvgIpc) is 3.17. The highest BCUT2D eigenvalue weighted by Gasteiger charge is 2.87. The van der Waals surface area contributed by atoms with Crippen molar-refractivity contribution in [2.45, 2.75) is 76.3 Å². The SMILES string of the molecule is CC1(C)O[C@H]2C3=C(CO)C=C(C#C/C=C/CCc4ccccc4)[C@@H]4[C@H](CCc5ccccc5)[C@H]5CCC[C@@]2(O1)[C@]354. The number of aliphatic hydroxyl groups excluding tert-OH is 1. The number of ether oxygens (including phenoxy) is 2. The van der Waals surface area contributed by atoms with E-state index in [4.69, 9.17) is 9.47 Å². The average molecular weight is 533 g/mol. The van der Waals surface area contributed by atoms with Gasteiger partial charge in [-0.15, -0.1) is 0 Å². The summed E-state index contributed by atoms with van der Waals surface area (Å²) in [5.41, 5.74) is 5.91. The van der Waals surface area contributed by atoms with Crippen LogP contribution in [0.2, 0.25) is 0 Å². The van der Waals surface area contributed by atoms with E-state index in [1.165, 1.54) is 35.1 Å². The molecule has 1 saturated heterocycles. The van der Waals surface area contributed by atoms with E-state index in [1.807, 2.05) is 6.08 Å². The molecular weight excluding hydrogens is 492 g/mol. The lowest BCUT2D eigenvalue weighted by atomic mass is 9.26. The normalized spacial score (nSPS) is 34.5. The van der Waals surface area contributed by atoms with Gasteiger partial charge in [-0.1, -0.05) is 85.0 Å². The molecule has 4 fully saturated rings. The molecule has 40 heavy (non-hydrogen) atoms. The van der Waals surface area contributed by atoms with Crippen LogP contribution in [0.3, 0.4) is 0 Å². The highest BCUT2D eigenvalue weighted by Crippen LogP contribution is 2.83. The largest absolute Gasteiger partial charge is 0.392 e. The van der Waals surface area contributed by atoms with Gasteiger partial charge < -0.3 is 14.6 Å². The van der Waals surface area contributed by atoms with E-state index in [2.05, 4.69) is 98.5 Å². The van der Waals surface area contributed by atoms with Crippen LogP contribution in [0.5, 0.6) is 0 Å². The number of aliphatic hydroxyl groups is 1. The predicted octanol–water partition coefficient (Wildman–Crippen LogP) is 6.98. The van der Waals surface area contributed by atoms with Crippen LogP contribution in [0.1, 0.15) is 57.1 Å². The number of allylic oxidation sites excluding steroid dienone is 3. The Morgan fingerprint density at radius 2 is 1.73 bits per heavy atom. The highest BCUT2D eigenvalue weighted by molar-refractivity contribution is 5.62. The van der Waals surface area contributed by atoms with Gasteiger partial charge in [-0.3, -0.25) is 0 Å². The third kappa shape index (κ3) is 3.77. The number of fused-ring (bicyclic) bond motifs is 1. The molecule has 7 rings (SSSR count). The van der Waals surface area contributed by atoms with E-state index in [0.717, 1.165) is 37.7 Å². The maximum absolute atomic E-state index is 10.6. The van der Waals surface area contributed by atoms with Crippen LogP contribution in [-0.4, -0.2) is 29.2 Å². The second-order valence-corrected chi connectivity index (χ2v) is 12.8. The zero-order valence-corrected chi connectivity index (χ0v) is 23.7. The van der Waals surface area contributed by atoms with E-state index < -0.39 is 5.79 Å². The zero-order chi connectivity index (χ0) is 27.4.